The number of amides is 1. The van der Waals surface area contributed by atoms with Crippen LogP contribution in [0.4, 0.5) is 5.95 Å². The molecule has 1 saturated heterocycles. The van der Waals surface area contributed by atoms with Crippen LogP contribution in [-0.4, -0.2) is 51.5 Å². The molecule has 2 rings (SSSR count). The third-order valence-electron chi connectivity index (χ3n) is 3.70. The molecule has 0 saturated carbocycles. The van der Waals surface area contributed by atoms with Gasteiger partial charge in [0.25, 0.3) is 5.91 Å². The van der Waals surface area contributed by atoms with Crippen molar-refractivity contribution in [1.29, 1.82) is 0 Å². The van der Waals surface area contributed by atoms with Gasteiger partial charge in [-0.25, -0.2) is 9.97 Å². The standard InChI is InChI=1S/C14H20N4O3/c1-15-14-16-8-10(9-17-14)13(21)18-7-3-2-4-11(18)5-6-12(19)20/h8-9,11H,2-7H2,1H3,(H,19,20)(H,15,16,17)/t11-/m1/s1. The summed E-state index contributed by atoms with van der Waals surface area (Å²) in [5.74, 6) is -0.477. The van der Waals surface area contributed by atoms with Crippen LogP contribution >= 0.6 is 0 Å². The number of carboxylic acids is 1. The summed E-state index contributed by atoms with van der Waals surface area (Å²) in [6.07, 6.45) is 6.43. The molecule has 1 aliphatic heterocycles. The van der Waals surface area contributed by atoms with Gasteiger partial charge in [-0.15, -0.1) is 0 Å². The van der Waals surface area contributed by atoms with Crippen molar-refractivity contribution in [3.63, 3.8) is 0 Å². The molecule has 0 aromatic carbocycles. The SMILES string of the molecule is CNc1ncc(C(=O)N2CCCC[C@@H]2CCC(=O)O)cn1. The summed E-state index contributed by atoms with van der Waals surface area (Å²) in [4.78, 5) is 33.1. The normalized spacial score (nSPS) is 18.3. The first-order valence-electron chi connectivity index (χ1n) is 7.14. The monoisotopic (exact) mass is 292 g/mol. The van der Waals surface area contributed by atoms with Gasteiger partial charge in [0.05, 0.1) is 5.56 Å². The van der Waals surface area contributed by atoms with Crippen LogP contribution in [-0.2, 0) is 4.79 Å². The highest BCUT2D eigenvalue weighted by Crippen LogP contribution is 2.22. The average Bonchev–Trinajstić information content (AvgIpc) is 2.52. The van der Waals surface area contributed by atoms with Crippen LogP contribution < -0.4 is 5.32 Å². The lowest BCUT2D eigenvalue weighted by Gasteiger charge is -2.35. The van der Waals surface area contributed by atoms with Crippen molar-refractivity contribution in [1.82, 2.24) is 14.9 Å². The number of nitrogens with zero attached hydrogens (tertiary/aromatic N) is 3. The van der Waals surface area contributed by atoms with Crippen molar-refractivity contribution >= 4 is 17.8 Å². The Bertz CT molecular complexity index is 503. The Morgan fingerprint density at radius 1 is 1.38 bits per heavy atom. The second kappa shape index (κ2) is 7.01. The first-order valence-corrected chi connectivity index (χ1v) is 7.14. The van der Waals surface area contributed by atoms with Gasteiger partial charge < -0.3 is 15.3 Å². The van der Waals surface area contributed by atoms with E-state index < -0.39 is 5.97 Å². The molecule has 0 aliphatic carbocycles. The molecule has 0 radical (unpaired) electrons. The van der Waals surface area contributed by atoms with Crippen LogP contribution in [0.1, 0.15) is 42.5 Å². The number of hydrogen-bond acceptors (Lipinski definition) is 5. The summed E-state index contributed by atoms with van der Waals surface area (Å²) in [6.45, 7) is 0.664. The second-order valence-corrected chi connectivity index (χ2v) is 5.13. The molecule has 7 heteroatoms. The number of piperidine rings is 1. The lowest BCUT2D eigenvalue weighted by Crippen LogP contribution is -2.44. The molecule has 7 nitrogen and oxygen atoms in total. The summed E-state index contributed by atoms with van der Waals surface area (Å²) < 4.78 is 0. The van der Waals surface area contributed by atoms with Crippen molar-refractivity contribution in [2.75, 3.05) is 18.9 Å². The minimum absolute atomic E-state index is 0.00803. The Hall–Kier alpha value is -2.18. The lowest BCUT2D eigenvalue weighted by molar-refractivity contribution is -0.137. The fraction of sp³-hybridized carbons (Fsp3) is 0.571. The minimum atomic E-state index is -0.824. The summed E-state index contributed by atoms with van der Waals surface area (Å²) in [7, 11) is 1.71. The van der Waals surface area contributed by atoms with E-state index in [0.717, 1.165) is 19.3 Å². The maximum atomic E-state index is 12.5. The minimum Gasteiger partial charge on any atom is -0.481 e. The van der Waals surface area contributed by atoms with Crippen LogP contribution in [0.25, 0.3) is 0 Å². The third kappa shape index (κ3) is 3.90. The molecule has 1 fully saturated rings. The number of nitrogens with one attached hydrogen (secondary N) is 1. The van der Waals surface area contributed by atoms with Gasteiger partial charge in [-0.2, -0.15) is 0 Å². The van der Waals surface area contributed by atoms with E-state index in [1.807, 2.05) is 0 Å². The van der Waals surface area contributed by atoms with Crippen LogP contribution in [0.5, 0.6) is 0 Å². The predicted octanol–water partition coefficient (Wildman–Crippen LogP) is 1.38. The lowest BCUT2D eigenvalue weighted by atomic mass is 9.97. The van der Waals surface area contributed by atoms with Crippen LogP contribution in [0.2, 0.25) is 0 Å². The topological polar surface area (TPSA) is 95.4 Å². The van der Waals surface area contributed by atoms with Gasteiger partial charge in [0.15, 0.2) is 0 Å². The first kappa shape index (κ1) is 15.2. The number of hydrogen-bond donors (Lipinski definition) is 2. The third-order valence-corrected chi connectivity index (χ3v) is 3.70. The Balaban J connectivity index is 2.08. The van der Waals surface area contributed by atoms with Crippen LogP contribution in [0.15, 0.2) is 12.4 Å². The quantitative estimate of drug-likeness (QED) is 0.851. The zero-order valence-electron chi connectivity index (χ0n) is 12.1. The van der Waals surface area contributed by atoms with E-state index in [1.165, 1.54) is 12.4 Å². The number of anilines is 1. The molecule has 1 aromatic rings. The van der Waals surface area contributed by atoms with Crippen molar-refractivity contribution in [2.45, 2.75) is 38.1 Å². The van der Waals surface area contributed by atoms with E-state index in [4.69, 9.17) is 5.11 Å². The van der Waals surface area contributed by atoms with E-state index >= 15 is 0 Å². The molecule has 2 N–H and O–H groups in total. The Labute approximate surface area is 123 Å². The largest absolute Gasteiger partial charge is 0.481 e. The highest BCUT2D eigenvalue weighted by molar-refractivity contribution is 5.94. The number of aliphatic carboxylic acids is 1. The highest BCUT2D eigenvalue weighted by atomic mass is 16.4. The van der Waals surface area contributed by atoms with Gasteiger partial charge in [0.2, 0.25) is 5.95 Å². The van der Waals surface area contributed by atoms with Crippen molar-refractivity contribution in [2.24, 2.45) is 0 Å². The van der Waals surface area contributed by atoms with E-state index in [1.54, 1.807) is 11.9 Å². The number of rotatable bonds is 5. The molecule has 1 aliphatic rings. The average molecular weight is 292 g/mol. The Morgan fingerprint density at radius 2 is 2.10 bits per heavy atom. The molecule has 1 aromatic heterocycles. The second-order valence-electron chi connectivity index (χ2n) is 5.13. The van der Waals surface area contributed by atoms with Gasteiger partial charge in [0.1, 0.15) is 0 Å². The van der Waals surface area contributed by atoms with Crippen molar-refractivity contribution in [3.8, 4) is 0 Å². The number of carbonyl (C=O) groups is 2. The van der Waals surface area contributed by atoms with Crippen molar-refractivity contribution < 1.29 is 14.7 Å². The smallest absolute Gasteiger partial charge is 0.303 e. The zero-order valence-corrected chi connectivity index (χ0v) is 12.1. The molecule has 114 valence electrons. The summed E-state index contributed by atoms with van der Waals surface area (Å²) in [6, 6.07) is -0.00803. The fourth-order valence-corrected chi connectivity index (χ4v) is 2.59. The molecule has 0 unspecified atom stereocenters. The summed E-state index contributed by atoms with van der Waals surface area (Å²) in [5.41, 5.74) is 0.441. The van der Waals surface area contributed by atoms with Gasteiger partial charge in [-0.1, -0.05) is 0 Å². The number of aromatic nitrogens is 2. The molecule has 1 atom stereocenters. The van der Waals surface area contributed by atoms with Gasteiger partial charge in [-0.05, 0) is 25.7 Å². The number of carbonyl (C=O) groups excluding carboxylic acids is 1. The van der Waals surface area contributed by atoms with E-state index in [0.29, 0.717) is 24.5 Å². The van der Waals surface area contributed by atoms with Gasteiger partial charge in [-0.3, -0.25) is 9.59 Å². The molecule has 2 heterocycles. The molecule has 0 bridgehead atoms. The maximum absolute atomic E-state index is 12.5. The van der Waals surface area contributed by atoms with Crippen LogP contribution in [0.3, 0.4) is 0 Å². The zero-order chi connectivity index (χ0) is 15.2. The van der Waals surface area contributed by atoms with E-state index in [9.17, 15) is 9.59 Å². The maximum Gasteiger partial charge on any atom is 0.303 e. The van der Waals surface area contributed by atoms with E-state index in [-0.39, 0.29) is 18.4 Å². The summed E-state index contributed by atoms with van der Waals surface area (Å²) in [5, 5.41) is 11.6. The van der Waals surface area contributed by atoms with Crippen LogP contribution in [0, 0.1) is 0 Å². The molecule has 1 amide bonds. The molecular weight excluding hydrogens is 272 g/mol. The Kier molecular flexibility index (Phi) is 5.08. The van der Waals surface area contributed by atoms with E-state index in [2.05, 4.69) is 15.3 Å². The van der Waals surface area contributed by atoms with Gasteiger partial charge >= 0.3 is 5.97 Å². The summed E-state index contributed by atoms with van der Waals surface area (Å²) >= 11 is 0. The molecule has 21 heavy (non-hydrogen) atoms. The molecule has 0 spiro atoms. The molecular formula is C14H20N4O3. The Morgan fingerprint density at radius 3 is 2.71 bits per heavy atom. The number of carboxylic acid groups (broad SMARTS) is 1. The fourth-order valence-electron chi connectivity index (χ4n) is 2.59. The highest BCUT2D eigenvalue weighted by Gasteiger charge is 2.28. The predicted molar refractivity (Wildman–Crippen MR) is 77.1 cm³/mol. The van der Waals surface area contributed by atoms with Crippen molar-refractivity contribution in [3.05, 3.63) is 18.0 Å². The first-order chi connectivity index (χ1) is 10.1. The number of likely N-dealkylation sites (tertiary alicyclic amines) is 1. The van der Waals surface area contributed by atoms with Gasteiger partial charge in [0, 0.05) is 38.4 Å².